The van der Waals surface area contributed by atoms with Crippen molar-refractivity contribution in [3.05, 3.63) is 53.7 Å². The van der Waals surface area contributed by atoms with Crippen molar-refractivity contribution in [3.63, 3.8) is 0 Å². The lowest BCUT2D eigenvalue weighted by molar-refractivity contribution is -0.145. The number of rotatable bonds is 7. The molecule has 1 aliphatic heterocycles. The van der Waals surface area contributed by atoms with Gasteiger partial charge in [-0.3, -0.25) is 4.79 Å². The van der Waals surface area contributed by atoms with E-state index in [0.29, 0.717) is 6.42 Å². The van der Waals surface area contributed by atoms with E-state index in [2.05, 4.69) is 11.8 Å². The molecule has 0 bridgehead atoms. The molecule has 7 nitrogen and oxygen atoms in total. The van der Waals surface area contributed by atoms with Crippen LogP contribution >= 0.6 is 0 Å². The van der Waals surface area contributed by atoms with E-state index >= 15 is 0 Å². The maximum atomic E-state index is 11.9. The van der Waals surface area contributed by atoms with Gasteiger partial charge in [0.1, 0.15) is 0 Å². The van der Waals surface area contributed by atoms with E-state index < -0.39 is 12.2 Å². The average molecular weight is 333 g/mol. The number of hydrogen-bond donors (Lipinski definition) is 2. The molecular weight excluding hydrogens is 314 g/mol. The van der Waals surface area contributed by atoms with Gasteiger partial charge in [-0.1, -0.05) is 12.1 Å². The molecule has 2 rings (SSSR count). The van der Waals surface area contributed by atoms with Crippen molar-refractivity contribution in [1.82, 2.24) is 0 Å². The van der Waals surface area contributed by atoms with Crippen LogP contribution in [0.25, 0.3) is 0 Å². The molecule has 128 valence electrons. The van der Waals surface area contributed by atoms with Crippen LogP contribution in [0.15, 0.2) is 48.4 Å². The standard InChI is InChI=1S/C17H19NO6/c1-2-13-12(6-8-24-17(13)18-22)10-16(21)23-7-5-11-3-4-14(19)15(20)9-11/h2-4,6,8-9,12-13,17,19-20H,1,5,7,10H2/t12-,13?,17?/m0/s1. The summed E-state index contributed by atoms with van der Waals surface area (Å²) in [7, 11) is 0. The lowest BCUT2D eigenvalue weighted by Crippen LogP contribution is -2.30. The third kappa shape index (κ3) is 4.34. The second-order valence-electron chi connectivity index (χ2n) is 5.44. The van der Waals surface area contributed by atoms with Crippen LogP contribution in [-0.4, -0.2) is 29.0 Å². The smallest absolute Gasteiger partial charge is 0.306 e. The van der Waals surface area contributed by atoms with E-state index in [1.807, 2.05) is 0 Å². The fourth-order valence-electron chi connectivity index (χ4n) is 2.51. The molecule has 0 saturated heterocycles. The topological polar surface area (TPSA) is 105 Å². The van der Waals surface area contributed by atoms with Gasteiger partial charge in [0.2, 0.25) is 6.23 Å². The number of carbonyl (C=O) groups excluding carboxylic acids is 1. The van der Waals surface area contributed by atoms with Crippen molar-refractivity contribution in [2.24, 2.45) is 17.0 Å². The highest BCUT2D eigenvalue weighted by molar-refractivity contribution is 5.70. The summed E-state index contributed by atoms with van der Waals surface area (Å²) >= 11 is 0. The van der Waals surface area contributed by atoms with Crippen LogP contribution in [0, 0.1) is 16.7 Å². The number of phenolic OH excluding ortho intramolecular Hbond substituents is 2. The van der Waals surface area contributed by atoms with Crippen molar-refractivity contribution in [1.29, 1.82) is 0 Å². The lowest BCUT2D eigenvalue weighted by atomic mass is 9.87. The molecule has 0 aliphatic carbocycles. The average Bonchev–Trinajstić information content (AvgIpc) is 2.57. The van der Waals surface area contributed by atoms with Crippen LogP contribution in [0.3, 0.4) is 0 Å². The number of hydrogen-bond acceptors (Lipinski definition) is 7. The molecule has 2 unspecified atom stereocenters. The van der Waals surface area contributed by atoms with Crippen molar-refractivity contribution in [3.8, 4) is 11.5 Å². The minimum absolute atomic E-state index is 0.0867. The first kappa shape index (κ1) is 17.5. The minimum atomic E-state index is -0.884. The number of ether oxygens (including phenoxy) is 2. The van der Waals surface area contributed by atoms with Crippen molar-refractivity contribution < 1.29 is 24.5 Å². The molecule has 24 heavy (non-hydrogen) atoms. The maximum absolute atomic E-state index is 11.9. The minimum Gasteiger partial charge on any atom is -0.504 e. The molecule has 7 heteroatoms. The van der Waals surface area contributed by atoms with E-state index in [1.165, 1.54) is 18.4 Å². The summed E-state index contributed by atoms with van der Waals surface area (Å²) in [5.41, 5.74) is 0.734. The van der Waals surface area contributed by atoms with Crippen molar-refractivity contribution in [2.75, 3.05) is 6.61 Å². The molecule has 0 radical (unpaired) electrons. The van der Waals surface area contributed by atoms with Crippen LogP contribution in [0.2, 0.25) is 0 Å². The number of benzene rings is 1. The molecule has 0 aromatic heterocycles. The Bertz CT molecular complexity index is 642. The second kappa shape index (κ2) is 8.14. The zero-order valence-electron chi connectivity index (χ0n) is 13.0. The van der Waals surface area contributed by atoms with Crippen LogP contribution < -0.4 is 0 Å². The van der Waals surface area contributed by atoms with Gasteiger partial charge in [0.05, 0.1) is 19.3 Å². The molecule has 2 N–H and O–H groups in total. The van der Waals surface area contributed by atoms with Gasteiger partial charge in [-0.15, -0.1) is 11.5 Å². The summed E-state index contributed by atoms with van der Waals surface area (Å²) in [5.74, 6) is -1.47. The van der Waals surface area contributed by atoms with Crippen LogP contribution in [0.5, 0.6) is 11.5 Å². The van der Waals surface area contributed by atoms with Gasteiger partial charge < -0.3 is 19.7 Å². The Balaban J connectivity index is 1.83. The zero-order valence-corrected chi connectivity index (χ0v) is 13.0. The normalized spacial score (nSPS) is 22.4. The number of aromatic hydroxyl groups is 2. The summed E-state index contributed by atoms with van der Waals surface area (Å²) in [6.45, 7) is 3.79. The molecule has 1 aliphatic rings. The third-order valence-corrected chi connectivity index (χ3v) is 3.84. The highest BCUT2D eigenvalue weighted by atomic mass is 16.5. The first-order chi connectivity index (χ1) is 11.5. The van der Waals surface area contributed by atoms with Crippen LogP contribution in [0.4, 0.5) is 0 Å². The van der Waals surface area contributed by atoms with Crippen molar-refractivity contribution in [2.45, 2.75) is 19.1 Å². The van der Waals surface area contributed by atoms with Gasteiger partial charge in [-0.05, 0) is 28.9 Å². The van der Waals surface area contributed by atoms with Gasteiger partial charge in [0, 0.05) is 18.3 Å². The number of nitroso groups, excluding NO2 is 1. The molecular formula is C17H19NO6. The van der Waals surface area contributed by atoms with Gasteiger partial charge >= 0.3 is 5.97 Å². The molecule has 0 saturated carbocycles. The molecule has 0 spiro atoms. The Kier molecular flexibility index (Phi) is 5.95. The predicted octanol–water partition coefficient (Wildman–Crippen LogP) is 2.63. The molecule has 3 atom stereocenters. The quantitative estimate of drug-likeness (QED) is 0.344. The first-order valence-electron chi connectivity index (χ1n) is 7.48. The predicted molar refractivity (Wildman–Crippen MR) is 86.0 cm³/mol. The van der Waals surface area contributed by atoms with Gasteiger partial charge in [-0.25, -0.2) is 0 Å². The lowest BCUT2D eigenvalue weighted by Gasteiger charge is -2.27. The van der Waals surface area contributed by atoms with Crippen molar-refractivity contribution >= 4 is 5.97 Å². The zero-order chi connectivity index (χ0) is 17.5. The largest absolute Gasteiger partial charge is 0.504 e. The van der Waals surface area contributed by atoms with E-state index in [9.17, 15) is 19.9 Å². The van der Waals surface area contributed by atoms with E-state index in [4.69, 9.17) is 9.47 Å². The Morgan fingerprint density at radius 1 is 1.38 bits per heavy atom. The van der Waals surface area contributed by atoms with Crippen LogP contribution in [-0.2, 0) is 20.7 Å². The number of carbonyl (C=O) groups is 1. The Morgan fingerprint density at radius 2 is 2.17 bits per heavy atom. The molecule has 0 amide bonds. The second-order valence-corrected chi connectivity index (χ2v) is 5.44. The molecule has 1 heterocycles. The summed E-state index contributed by atoms with van der Waals surface area (Å²) in [6, 6.07) is 4.43. The monoisotopic (exact) mass is 333 g/mol. The number of allylic oxidation sites excluding steroid dienone is 1. The van der Waals surface area contributed by atoms with E-state index in [-0.39, 0.29) is 36.4 Å². The molecule has 1 aromatic carbocycles. The summed E-state index contributed by atoms with van der Waals surface area (Å²) < 4.78 is 10.3. The Labute approximate surface area is 139 Å². The Morgan fingerprint density at radius 3 is 2.83 bits per heavy atom. The number of phenols is 2. The highest BCUT2D eigenvalue weighted by Gasteiger charge is 2.32. The first-order valence-corrected chi connectivity index (χ1v) is 7.48. The summed E-state index contributed by atoms with van der Waals surface area (Å²) in [5, 5.41) is 21.5. The van der Waals surface area contributed by atoms with Gasteiger partial charge in [-0.2, -0.15) is 0 Å². The summed E-state index contributed by atoms with van der Waals surface area (Å²) in [4.78, 5) is 22.7. The highest BCUT2D eigenvalue weighted by Crippen LogP contribution is 2.29. The summed E-state index contributed by atoms with van der Waals surface area (Å²) in [6.07, 6.45) is 4.21. The molecule has 1 aromatic rings. The van der Waals surface area contributed by atoms with Crippen LogP contribution in [0.1, 0.15) is 12.0 Å². The third-order valence-electron chi connectivity index (χ3n) is 3.84. The van der Waals surface area contributed by atoms with Gasteiger partial charge in [0.25, 0.3) is 0 Å². The van der Waals surface area contributed by atoms with E-state index in [1.54, 1.807) is 18.2 Å². The Hall–Kier alpha value is -2.83. The maximum Gasteiger partial charge on any atom is 0.306 e. The number of esters is 1. The van der Waals surface area contributed by atoms with E-state index in [0.717, 1.165) is 5.56 Å². The SMILES string of the molecule is C=CC1C(N=O)OC=C[C@H]1CC(=O)OCCc1ccc(O)c(O)c1. The fraction of sp³-hybridized carbons (Fsp3) is 0.353. The fourth-order valence-corrected chi connectivity index (χ4v) is 2.51. The van der Waals surface area contributed by atoms with Gasteiger partial charge in [0.15, 0.2) is 11.5 Å². The molecule has 0 fully saturated rings. The number of nitrogens with zero attached hydrogens (tertiary/aromatic N) is 1.